The number of hydrogen-bond donors (Lipinski definition) is 6. The highest BCUT2D eigenvalue weighted by molar-refractivity contribution is 7.46. The van der Waals surface area contributed by atoms with Crippen LogP contribution in [0, 0.1) is 46.3 Å². The topological polar surface area (TPSA) is 157 Å². The fourth-order valence-electron chi connectivity index (χ4n) is 10.0. The molecule has 4 saturated carbocycles. The molecule has 0 aromatic carbocycles. The number of carbonyl (C=O) groups is 1. The predicted molar refractivity (Wildman–Crippen MR) is 160 cm³/mol. The second kappa shape index (κ2) is 12.7. The van der Waals surface area contributed by atoms with E-state index in [0.29, 0.717) is 36.2 Å². The monoisotopic (exact) mass is 617 g/mol. The maximum absolute atomic E-state index is 12.8. The zero-order valence-corrected chi connectivity index (χ0v) is 27.5. The van der Waals surface area contributed by atoms with Gasteiger partial charge in [-0.05, 0) is 97.7 Å². The first kappa shape index (κ1) is 34.3. The van der Waals surface area contributed by atoms with Gasteiger partial charge in [0.1, 0.15) is 12.6 Å². The number of carbonyl (C=O) groups excluding carboxylic acids is 1. The van der Waals surface area contributed by atoms with Crippen LogP contribution >= 0.6 is 7.82 Å². The lowest BCUT2D eigenvalue weighted by Gasteiger charge is -2.63. The number of likely N-dealkylation sites (N-methyl/N-ethyl adjacent to an activating group) is 1. The van der Waals surface area contributed by atoms with E-state index in [1.165, 1.54) is 0 Å². The van der Waals surface area contributed by atoms with Gasteiger partial charge in [-0.2, -0.15) is 0 Å². The highest BCUT2D eigenvalue weighted by Gasteiger charge is 2.65. The third-order valence-corrected chi connectivity index (χ3v) is 13.2. The van der Waals surface area contributed by atoms with Gasteiger partial charge in [-0.1, -0.05) is 20.8 Å². The highest BCUT2D eigenvalue weighted by atomic mass is 31.2. The van der Waals surface area contributed by atoms with Crippen LogP contribution in [0.3, 0.4) is 0 Å². The molecule has 0 aliphatic heterocycles. The summed E-state index contributed by atoms with van der Waals surface area (Å²) >= 11 is 0. The van der Waals surface area contributed by atoms with Gasteiger partial charge in [-0.15, -0.1) is 0 Å². The van der Waals surface area contributed by atoms with Crippen molar-refractivity contribution < 1.29 is 43.5 Å². The van der Waals surface area contributed by atoms with E-state index in [1.807, 2.05) is 21.1 Å². The van der Waals surface area contributed by atoms with E-state index in [9.17, 15) is 24.7 Å². The van der Waals surface area contributed by atoms with Gasteiger partial charge in [0, 0.05) is 19.4 Å². The second-order valence-corrected chi connectivity index (χ2v) is 17.0. The summed E-state index contributed by atoms with van der Waals surface area (Å²) in [6.07, 6.45) is 6.52. The Balaban J connectivity index is 1.33. The minimum Gasteiger partial charge on any atom is -0.393 e. The molecule has 10 nitrogen and oxygen atoms in total. The van der Waals surface area contributed by atoms with Crippen molar-refractivity contribution in [1.29, 1.82) is 0 Å². The largest absolute Gasteiger partial charge is 0.469 e. The first-order valence-corrected chi connectivity index (χ1v) is 17.7. The number of nitrogens with zero attached hydrogens (tertiary/aromatic N) is 1. The van der Waals surface area contributed by atoms with E-state index in [2.05, 4.69) is 26.1 Å². The van der Waals surface area contributed by atoms with Gasteiger partial charge in [0.05, 0.1) is 39.5 Å². The summed E-state index contributed by atoms with van der Waals surface area (Å²) in [6.45, 7) is 7.10. The van der Waals surface area contributed by atoms with E-state index in [4.69, 9.17) is 14.3 Å². The molecular formula is C31H58N2O8P+. The molecule has 42 heavy (non-hydrogen) atoms. The molecule has 1 amide bonds. The zero-order valence-electron chi connectivity index (χ0n) is 26.6. The molecule has 0 spiro atoms. The number of aliphatic hydroxyl groups is 3. The molecule has 0 saturated heterocycles. The third kappa shape index (κ3) is 6.96. The summed E-state index contributed by atoms with van der Waals surface area (Å²) in [5, 5.41) is 36.6. The van der Waals surface area contributed by atoms with Crippen LogP contribution in [-0.2, 0) is 13.9 Å². The molecule has 244 valence electrons. The summed E-state index contributed by atoms with van der Waals surface area (Å²) in [7, 11) is 1.23. The van der Waals surface area contributed by atoms with Gasteiger partial charge >= 0.3 is 7.82 Å². The molecule has 0 heterocycles. The van der Waals surface area contributed by atoms with Crippen LogP contribution in [0.5, 0.6) is 0 Å². The third-order valence-electron chi connectivity index (χ3n) is 12.7. The number of fused-ring (bicyclic) bond motifs is 5. The Morgan fingerprint density at radius 1 is 1.02 bits per heavy atom. The summed E-state index contributed by atoms with van der Waals surface area (Å²) in [6, 6.07) is -0.185. The van der Waals surface area contributed by atoms with Crippen LogP contribution in [0.4, 0.5) is 0 Å². The van der Waals surface area contributed by atoms with Crippen LogP contribution in [0.1, 0.15) is 85.0 Å². The smallest absolute Gasteiger partial charge is 0.393 e. The lowest BCUT2D eigenvalue weighted by Crippen LogP contribution is -2.62. The van der Waals surface area contributed by atoms with Crippen molar-refractivity contribution in [3.8, 4) is 0 Å². The molecule has 0 radical (unpaired) electrons. The summed E-state index contributed by atoms with van der Waals surface area (Å²) in [5.74, 6) is 1.51. The molecule has 12 atom stereocenters. The lowest BCUT2D eigenvalue weighted by atomic mass is 9.43. The zero-order chi connectivity index (χ0) is 31.3. The molecule has 4 rings (SSSR count). The normalized spacial score (nSPS) is 41.8. The van der Waals surface area contributed by atoms with Crippen molar-refractivity contribution in [3.63, 3.8) is 0 Å². The van der Waals surface area contributed by atoms with Gasteiger partial charge in [0.15, 0.2) is 0 Å². The molecule has 0 bridgehead atoms. The number of rotatable bonds is 11. The Morgan fingerprint density at radius 2 is 1.71 bits per heavy atom. The number of amides is 1. The van der Waals surface area contributed by atoms with Crippen LogP contribution in [0.15, 0.2) is 0 Å². The van der Waals surface area contributed by atoms with Crippen molar-refractivity contribution in [2.75, 3.05) is 34.3 Å². The summed E-state index contributed by atoms with van der Waals surface area (Å²) < 4.78 is 16.4. The molecule has 4 aliphatic carbocycles. The number of phosphoric ester groups is 1. The fourth-order valence-corrected chi connectivity index (χ4v) is 10.4. The Labute approximate surface area is 252 Å². The van der Waals surface area contributed by atoms with E-state index >= 15 is 0 Å². The first-order chi connectivity index (χ1) is 19.4. The van der Waals surface area contributed by atoms with Crippen molar-refractivity contribution in [2.24, 2.45) is 46.3 Å². The summed E-state index contributed by atoms with van der Waals surface area (Å²) in [4.78, 5) is 30.9. The molecule has 1 unspecified atom stereocenters. The number of quaternary nitrogens is 1. The maximum atomic E-state index is 12.8. The molecule has 11 heteroatoms. The van der Waals surface area contributed by atoms with Crippen LogP contribution in [-0.4, -0.2) is 94.1 Å². The predicted octanol–water partition coefficient (Wildman–Crippen LogP) is 3.05. The molecule has 0 aromatic heterocycles. The quantitative estimate of drug-likeness (QED) is 0.153. The molecule has 6 N–H and O–H groups in total. The minimum absolute atomic E-state index is 0.0389. The number of hydrogen-bond acceptors (Lipinski definition) is 6. The first-order valence-electron chi connectivity index (χ1n) is 16.2. The van der Waals surface area contributed by atoms with Crippen molar-refractivity contribution in [3.05, 3.63) is 0 Å². The standard InChI is InChI=1S/C31H57N2O8P/c1-19(7-10-28(37)32-14-12-21(33(4,5)6)18-41-42(38,39)40)23-8-9-24-29-25(17-27(36)31(23,24)3)30(2)13-11-22(34)15-20(30)16-26(29)35/h19-27,29,34-36H,7-18H2,1-6H3,(H2-,32,37,38,39,40)/p+1/t19-,20+,21?,22-,23-,24+,25+,26-,27+,29+,30+,31-/m1/s1. The molecule has 4 aliphatic rings. The molecule has 0 aromatic rings. The van der Waals surface area contributed by atoms with Gasteiger partial charge in [0.25, 0.3) is 0 Å². The SMILES string of the molecule is C[C@H](CCC(=O)NCCC(COP(=O)(O)O)[N+](C)(C)C)[C@H]1CC[C@H]2[C@@H]3[C@H](O)C[C@@H]4C[C@H](O)CC[C@]4(C)[C@H]3C[C@H](O)[C@]12C. The summed E-state index contributed by atoms with van der Waals surface area (Å²) in [5.41, 5.74) is -0.230. The Hall–Kier alpha value is -0.580. The number of nitrogens with one attached hydrogen (secondary N) is 1. The fraction of sp³-hybridized carbons (Fsp3) is 0.968. The van der Waals surface area contributed by atoms with Crippen LogP contribution in [0.25, 0.3) is 0 Å². The van der Waals surface area contributed by atoms with E-state index < -0.39 is 20.0 Å². The number of phosphoric acid groups is 1. The Kier molecular flexibility index (Phi) is 10.3. The van der Waals surface area contributed by atoms with Crippen molar-refractivity contribution >= 4 is 13.7 Å². The Morgan fingerprint density at radius 3 is 2.36 bits per heavy atom. The molecule has 4 fully saturated rings. The maximum Gasteiger partial charge on any atom is 0.469 e. The minimum atomic E-state index is -4.56. The van der Waals surface area contributed by atoms with Crippen LogP contribution in [0.2, 0.25) is 0 Å². The van der Waals surface area contributed by atoms with Crippen molar-refractivity contribution in [2.45, 2.75) is 109 Å². The van der Waals surface area contributed by atoms with Crippen LogP contribution < -0.4 is 5.32 Å². The van der Waals surface area contributed by atoms with Gasteiger partial charge in [0.2, 0.25) is 5.91 Å². The lowest BCUT2D eigenvalue weighted by molar-refractivity contribution is -0.896. The average Bonchev–Trinajstić information content (AvgIpc) is 3.23. The average molecular weight is 618 g/mol. The van der Waals surface area contributed by atoms with Gasteiger partial charge < -0.3 is 34.9 Å². The van der Waals surface area contributed by atoms with E-state index in [0.717, 1.165) is 44.9 Å². The Bertz CT molecular complexity index is 1000. The van der Waals surface area contributed by atoms with Gasteiger partial charge in [-0.25, -0.2) is 4.57 Å². The molecular weight excluding hydrogens is 559 g/mol. The second-order valence-electron chi connectivity index (χ2n) is 15.7. The highest BCUT2D eigenvalue weighted by Crippen LogP contribution is 2.68. The van der Waals surface area contributed by atoms with E-state index in [-0.39, 0.29) is 65.1 Å². The van der Waals surface area contributed by atoms with Crippen molar-refractivity contribution in [1.82, 2.24) is 5.32 Å². The van der Waals surface area contributed by atoms with Gasteiger partial charge in [-0.3, -0.25) is 9.32 Å². The number of aliphatic hydroxyl groups excluding tert-OH is 3. The van der Waals surface area contributed by atoms with E-state index in [1.54, 1.807) is 0 Å².